The van der Waals surface area contributed by atoms with Crippen LogP contribution in [0.1, 0.15) is 5.56 Å². The van der Waals surface area contributed by atoms with Crippen LogP contribution < -0.4 is 4.72 Å². The molecule has 4 aromatic rings. The van der Waals surface area contributed by atoms with E-state index in [1.54, 1.807) is 24.3 Å². The number of aryl methyl sites for hydroxylation is 1. The number of H-pyrrole nitrogens is 1. The van der Waals surface area contributed by atoms with Crippen molar-refractivity contribution in [1.29, 1.82) is 0 Å². The first kappa shape index (κ1) is 18.8. The molecule has 5 nitrogen and oxygen atoms in total. The van der Waals surface area contributed by atoms with Crippen LogP contribution in [0.5, 0.6) is 0 Å². The van der Waals surface area contributed by atoms with Gasteiger partial charge in [-0.1, -0.05) is 29.3 Å². The molecule has 0 aliphatic heterocycles. The van der Waals surface area contributed by atoms with Crippen LogP contribution in [0.4, 0.5) is 5.69 Å². The van der Waals surface area contributed by atoms with Crippen molar-refractivity contribution < 1.29 is 8.42 Å². The van der Waals surface area contributed by atoms with Gasteiger partial charge in [0.05, 0.1) is 16.1 Å². The Morgan fingerprint density at radius 3 is 2.46 bits per heavy atom. The van der Waals surface area contributed by atoms with Crippen LogP contribution in [0, 0.1) is 6.92 Å². The highest BCUT2D eigenvalue weighted by Crippen LogP contribution is 2.28. The van der Waals surface area contributed by atoms with Gasteiger partial charge in [-0.2, -0.15) is 0 Å². The van der Waals surface area contributed by atoms with E-state index in [0.717, 1.165) is 22.2 Å². The highest BCUT2D eigenvalue weighted by atomic mass is 35.5. The molecule has 142 valence electrons. The standard InChI is InChI=1S/C20H15Cl2N3O2S/c1-12-2-9-17-18(10-12)24-20(23-17)13-3-6-15(7-4-13)25-28(26,27)19-11-14(21)5-8-16(19)22/h2-11,25H,1H3,(H,23,24). The van der Waals surface area contributed by atoms with E-state index in [1.807, 2.05) is 25.1 Å². The lowest BCUT2D eigenvalue weighted by atomic mass is 10.2. The third-order valence-electron chi connectivity index (χ3n) is 4.23. The summed E-state index contributed by atoms with van der Waals surface area (Å²) < 4.78 is 27.7. The maximum atomic E-state index is 12.6. The number of halogens is 2. The number of imidazole rings is 1. The lowest BCUT2D eigenvalue weighted by Crippen LogP contribution is -2.13. The fourth-order valence-electron chi connectivity index (χ4n) is 2.85. The maximum Gasteiger partial charge on any atom is 0.263 e. The van der Waals surface area contributed by atoms with Gasteiger partial charge in [0.1, 0.15) is 10.7 Å². The summed E-state index contributed by atoms with van der Waals surface area (Å²) in [6.45, 7) is 2.02. The molecule has 1 aromatic heterocycles. The second-order valence-electron chi connectivity index (χ2n) is 6.36. The third kappa shape index (κ3) is 3.71. The minimum atomic E-state index is -3.86. The summed E-state index contributed by atoms with van der Waals surface area (Å²) in [5.74, 6) is 0.716. The van der Waals surface area contributed by atoms with Gasteiger partial charge in [0, 0.05) is 16.3 Å². The molecule has 0 saturated heterocycles. The van der Waals surface area contributed by atoms with Crippen LogP contribution in [-0.2, 0) is 10.0 Å². The highest BCUT2D eigenvalue weighted by Gasteiger charge is 2.18. The molecule has 4 rings (SSSR count). The summed E-state index contributed by atoms with van der Waals surface area (Å²) in [6.07, 6.45) is 0. The number of hydrogen-bond acceptors (Lipinski definition) is 3. The monoisotopic (exact) mass is 431 g/mol. The van der Waals surface area contributed by atoms with Gasteiger partial charge in [0.2, 0.25) is 0 Å². The Kier molecular flexibility index (Phi) is 4.79. The van der Waals surface area contributed by atoms with Gasteiger partial charge in [-0.05, 0) is 67.1 Å². The first-order valence-corrected chi connectivity index (χ1v) is 10.6. The topological polar surface area (TPSA) is 74.8 Å². The first-order valence-electron chi connectivity index (χ1n) is 8.36. The molecule has 0 saturated carbocycles. The van der Waals surface area contributed by atoms with Crippen molar-refractivity contribution in [3.8, 4) is 11.4 Å². The second kappa shape index (κ2) is 7.13. The van der Waals surface area contributed by atoms with Crippen LogP contribution in [0.15, 0.2) is 65.6 Å². The van der Waals surface area contributed by atoms with Crippen molar-refractivity contribution in [2.45, 2.75) is 11.8 Å². The van der Waals surface area contributed by atoms with Crippen molar-refractivity contribution in [2.24, 2.45) is 0 Å². The molecule has 3 aromatic carbocycles. The number of benzene rings is 3. The van der Waals surface area contributed by atoms with E-state index in [4.69, 9.17) is 23.2 Å². The van der Waals surface area contributed by atoms with E-state index in [1.165, 1.54) is 18.2 Å². The van der Waals surface area contributed by atoms with Crippen LogP contribution in [-0.4, -0.2) is 18.4 Å². The number of nitrogens with zero attached hydrogens (tertiary/aromatic N) is 1. The van der Waals surface area contributed by atoms with E-state index in [9.17, 15) is 8.42 Å². The third-order valence-corrected chi connectivity index (χ3v) is 6.33. The molecule has 0 radical (unpaired) electrons. The number of aromatic nitrogens is 2. The van der Waals surface area contributed by atoms with Crippen LogP contribution >= 0.6 is 23.2 Å². The fourth-order valence-corrected chi connectivity index (χ4v) is 4.67. The van der Waals surface area contributed by atoms with E-state index in [2.05, 4.69) is 14.7 Å². The molecule has 0 spiro atoms. The maximum absolute atomic E-state index is 12.6. The van der Waals surface area contributed by atoms with Gasteiger partial charge >= 0.3 is 0 Å². The number of hydrogen-bond donors (Lipinski definition) is 2. The van der Waals surface area contributed by atoms with Crippen molar-refractivity contribution in [3.05, 3.63) is 76.3 Å². The molecule has 0 fully saturated rings. The largest absolute Gasteiger partial charge is 0.338 e. The summed E-state index contributed by atoms with van der Waals surface area (Å²) in [7, 11) is -3.86. The molecule has 0 amide bonds. The Morgan fingerprint density at radius 2 is 1.71 bits per heavy atom. The Morgan fingerprint density at radius 1 is 0.964 bits per heavy atom. The van der Waals surface area contributed by atoms with Crippen molar-refractivity contribution >= 4 is 49.9 Å². The normalized spacial score (nSPS) is 11.7. The molecule has 2 N–H and O–H groups in total. The smallest absolute Gasteiger partial charge is 0.263 e. The van der Waals surface area contributed by atoms with E-state index in [-0.39, 0.29) is 9.92 Å². The number of aromatic amines is 1. The molecule has 28 heavy (non-hydrogen) atoms. The predicted molar refractivity (Wildman–Crippen MR) is 114 cm³/mol. The SMILES string of the molecule is Cc1ccc2nc(-c3ccc(NS(=O)(=O)c4cc(Cl)ccc4Cl)cc3)[nH]c2c1. The molecule has 0 aliphatic rings. The zero-order chi connectivity index (χ0) is 19.9. The molecule has 0 bridgehead atoms. The van der Waals surface area contributed by atoms with E-state index >= 15 is 0 Å². The van der Waals surface area contributed by atoms with Crippen molar-refractivity contribution in [2.75, 3.05) is 4.72 Å². The van der Waals surface area contributed by atoms with Crippen LogP contribution in [0.3, 0.4) is 0 Å². The summed E-state index contributed by atoms with van der Waals surface area (Å²) in [5.41, 5.74) is 4.23. The molecule has 8 heteroatoms. The quantitative estimate of drug-likeness (QED) is 0.438. The Labute approximate surface area is 172 Å². The fraction of sp³-hybridized carbons (Fsp3) is 0.0500. The Balaban J connectivity index is 1.61. The zero-order valence-electron chi connectivity index (χ0n) is 14.7. The van der Waals surface area contributed by atoms with Gasteiger partial charge in [0.25, 0.3) is 10.0 Å². The number of anilines is 1. The molecular formula is C20H15Cl2N3O2S. The van der Waals surface area contributed by atoms with Gasteiger partial charge in [-0.25, -0.2) is 13.4 Å². The highest BCUT2D eigenvalue weighted by molar-refractivity contribution is 7.92. The zero-order valence-corrected chi connectivity index (χ0v) is 17.0. The Bertz CT molecular complexity index is 1280. The predicted octanol–water partition coefficient (Wildman–Crippen LogP) is 5.65. The number of nitrogens with one attached hydrogen (secondary N) is 2. The minimum absolute atomic E-state index is 0.0709. The van der Waals surface area contributed by atoms with Gasteiger partial charge < -0.3 is 4.98 Å². The molecule has 0 atom stereocenters. The van der Waals surface area contributed by atoms with Gasteiger partial charge in [-0.15, -0.1) is 0 Å². The lowest BCUT2D eigenvalue weighted by molar-refractivity contribution is 0.601. The van der Waals surface area contributed by atoms with E-state index in [0.29, 0.717) is 16.5 Å². The molecule has 0 unspecified atom stereocenters. The first-order chi connectivity index (χ1) is 13.3. The van der Waals surface area contributed by atoms with Gasteiger partial charge in [0.15, 0.2) is 0 Å². The van der Waals surface area contributed by atoms with E-state index < -0.39 is 10.0 Å². The second-order valence-corrected chi connectivity index (χ2v) is 8.86. The summed E-state index contributed by atoms with van der Waals surface area (Å²) in [6, 6.07) is 17.2. The minimum Gasteiger partial charge on any atom is -0.338 e. The number of fused-ring (bicyclic) bond motifs is 1. The Hall–Kier alpha value is -2.54. The van der Waals surface area contributed by atoms with Gasteiger partial charge in [-0.3, -0.25) is 4.72 Å². The molecular weight excluding hydrogens is 417 g/mol. The number of rotatable bonds is 4. The summed E-state index contributed by atoms with van der Waals surface area (Å²) >= 11 is 11.9. The van der Waals surface area contributed by atoms with Crippen LogP contribution in [0.25, 0.3) is 22.4 Å². The summed E-state index contributed by atoms with van der Waals surface area (Å²) in [4.78, 5) is 7.78. The number of sulfonamides is 1. The summed E-state index contributed by atoms with van der Waals surface area (Å²) in [5, 5.41) is 0.395. The average Bonchev–Trinajstić information content (AvgIpc) is 3.07. The average molecular weight is 432 g/mol. The van der Waals surface area contributed by atoms with Crippen molar-refractivity contribution in [3.63, 3.8) is 0 Å². The van der Waals surface area contributed by atoms with Crippen molar-refractivity contribution in [1.82, 2.24) is 9.97 Å². The molecule has 1 heterocycles. The lowest BCUT2D eigenvalue weighted by Gasteiger charge is -2.10. The van der Waals surface area contributed by atoms with Crippen LogP contribution in [0.2, 0.25) is 10.0 Å². The molecule has 0 aliphatic carbocycles.